The van der Waals surface area contributed by atoms with Gasteiger partial charge in [-0.05, 0) is 35.4 Å². The Balaban J connectivity index is 1.70. The number of halogens is 1. The molecule has 0 aromatic carbocycles. The number of aliphatic hydroxyl groups is 1. The zero-order chi connectivity index (χ0) is 13.9. The predicted molar refractivity (Wildman–Crippen MR) is 76.8 cm³/mol. The first kappa shape index (κ1) is 15.4. The number of ketones is 1. The highest BCUT2D eigenvalue weighted by molar-refractivity contribution is 14.1. The molecule has 0 radical (unpaired) electrons. The second-order valence-electron chi connectivity index (χ2n) is 5.02. The van der Waals surface area contributed by atoms with Gasteiger partial charge in [0.25, 0.3) is 0 Å². The van der Waals surface area contributed by atoms with Gasteiger partial charge in [-0.25, -0.2) is 0 Å². The average molecular weight is 382 g/mol. The van der Waals surface area contributed by atoms with E-state index >= 15 is 0 Å². The van der Waals surface area contributed by atoms with Crippen LogP contribution in [0.3, 0.4) is 0 Å². The summed E-state index contributed by atoms with van der Waals surface area (Å²) >= 11 is 1.86. The molecule has 19 heavy (non-hydrogen) atoms. The normalized spacial score (nSPS) is 26.7. The molecule has 1 N–H and O–H groups in total. The fraction of sp³-hybridized carbons (Fsp3) is 0.769. The number of rotatable bonds is 6. The van der Waals surface area contributed by atoms with Gasteiger partial charge >= 0.3 is 0 Å². The Morgan fingerprint density at radius 3 is 2.84 bits per heavy atom. The molecular formula is C13H19IO5. The molecule has 1 heterocycles. The van der Waals surface area contributed by atoms with Crippen molar-refractivity contribution in [3.63, 3.8) is 0 Å². The lowest BCUT2D eigenvalue weighted by Crippen LogP contribution is -2.28. The predicted octanol–water partition coefficient (Wildman–Crippen LogP) is 1.91. The molecule has 1 saturated heterocycles. The zero-order valence-corrected chi connectivity index (χ0v) is 12.9. The first-order valence-corrected chi connectivity index (χ1v) is 7.56. The molecule has 1 aliphatic carbocycles. The van der Waals surface area contributed by atoms with E-state index in [1.54, 1.807) is 0 Å². The van der Waals surface area contributed by atoms with E-state index in [0.717, 1.165) is 25.7 Å². The minimum absolute atomic E-state index is 0.0969. The van der Waals surface area contributed by atoms with E-state index in [0.29, 0.717) is 10.2 Å². The third-order valence-corrected chi connectivity index (χ3v) is 3.94. The molecule has 0 aromatic rings. The lowest BCUT2D eigenvalue weighted by atomic mass is 10.2. The number of ether oxygens (including phenoxy) is 3. The van der Waals surface area contributed by atoms with Crippen LogP contribution in [0.2, 0.25) is 0 Å². The van der Waals surface area contributed by atoms with E-state index in [9.17, 15) is 9.90 Å². The van der Waals surface area contributed by atoms with Crippen LogP contribution in [-0.2, 0) is 19.0 Å². The topological polar surface area (TPSA) is 65.0 Å². The minimum Gasteiger partial charge on any atom is -0.364 e. The summed E-state index contributed by atoms with van der Waals surface area (Å²) in [5, 5.41) is 9.37. The number of carbonyl (C=O) groups excluding carboxylic acids is 1. The molecule has 6 heteroatoms. The van der Waals surface area contributed by atoms with Crippen molar-refractivity contribution in [1.82, 2.24) is 0 Å². The second kappa shape index (κ2) is 6.62. The Morgan fingerprint density at radius 1 is 1.53 bits per heavy atom. The number of carbonyl (C=O) groups is 1. The van der Waals surface area contributed by atoms with Crippen molar-refractivity contribution >= 4 is 28.4 Å². The van der Waals surface area contributed by atoms with Crippen molar-refractivity contribution in [3.8, 4) is 0 Å². The molecule has 108 valence electrons. The van der Waals surface area contributed by atoms with Crippen LogP contribution in [0.25, 0.3) is 0 Å². The SMILES string of the molecule is C=C(I)C(O)OCC(=O)CC1COC2(CCCC2)O1. The Kier molecular flexibility index (Phi) is 5.36. The van der Waals surface area contributed by atoms with E-state index in [1.807, 2.05) is 22.6 Å². The maximum absolute atomic E-state index is 11.7. The third kappa shape index (κ3) is 4.22. The lowest BCUT2D eigenvalue weighted by molar-refractivity contribution is -0.164. The van der Waals surface area contributed by atoms with Gasteiger partial charge in [0, 0.05) is 22.8 Å². The highest BCUT2D eigenvalue weighted by Crippen LogP contribution is 2.39. The molecule has 2 rings (SSSR count). The van der Waals surface area contributed by atoms with Crippen molar-refractivity contribution in [2.75, 3.05) is 13.2 Å². The summed E-state index contributed by atoms with van der Waals surface area (Å²) in [6.07, 6.45) is 3.06. The largest absolute Gasteiger partial charge is 0.364 e. The maximum atomic E-state index is 11.7. The molecule has 1 saturated carbocycles. The van der Waals surface area contributed by atoms with Crippen LogP contribution in [0.15, 0.2) is 10.2 Å². The standard InChI is InChI=1S/C13H19IO5/c1-9(14)12(16)17-7-10(15)6-11-8-18-13(19-11)4-2-3-5-13/h11-12,16H,1-8H2. The Labute approximate surface area is 126 Å². The minimum atomic E-state index is -1.09. The molecule has 0 amide bonds. The molecule has 1 aliphatic heterocycles. The molecule has 0 bridgehead atoms. The van der Waals surface area contributed by atoms with Gasteiger partial charge in [-0.1, -0.05) is 6.58 Å². The molecule has 5 nitrogen and oxygen atoms in total. The molecule has 2 atom stereocenters. The van der Waals surface area contributed by atoms with Gasteiger partial charge in [0.2, 0.25) is 0 Å². The smallest absolute Gasteiger partial charge is 0.186 e. The number of hydrogen-bond acceptors (Lipinski definition) is 5. The Hall–Kier alpha value is -0.0200. The summed E-state index contributed by atoms with van der Waals surface area (Å²) in [6.45, 7) is 3.88. The fourth-order valence-corrected chi connectivity index (χ4v) is 2.65. The molecule has 2 fully saturated rings. The lowest BCUT2D eigenvalue weighted by Gasteiger charge is -2.21. The molecule has 2 unspecified atom stereocenters. The monoisotopic (exact) mass is 382 g/mol. The first-order valence-electron chi connectivity index (χ1n) is 6.48. The van der Waals surface area contributed by atoms with Crippen LogP contribution in [0.4, 0.5) is 0 Å². The van der Waals surface area contributed by atoms with Crippen LogP contribution < -0.4 is 0 Å². The molecular weight excluding hydrogens is 363 g/mol. The average Bonchev–Trinajstić information content (AvgIpc) is 2.97. The van der Waals surface area contributed by atoms with Crippen LogP contribution in [-0.4, -0.2) is 42.3 Å². The van der Waals surface area contributed by atoms with Gasteiger partial charge in [0.15, 0.2) is 17.9 Å². The molecule has 1 spiro atoms. The van der Waals surface area contributed by atoms with Crippen molar-refractivity contribution in [2.45, 2.75) is 50.3 Å². The quantitative estimate of drug-likeness (QED) is 0.562. The van der Waals surface area contributed by atoms with Gasteiger partial charge < -0.3 is 19.3 Å². The van der Waals surface area contributed by atoms with Crippen molar-refractivity contribution < 1.29 is 24.1 Å². The number of aliphatic hydroxyl groups excluding tert-OH is 1. The van der Waals surface area contributed by atoms with Gasteiger partial charge in [-0.3, -0.25) is 4.79 Å². The molecule has 2 aliphatic rings. The van der Waals surface area contributed by atoms with Crippen LogP contribution in [0, 0.1) is 0 Å². The van der Waals surface area contributed by atoms with Crippen molar-refractivity contribution in [3.05, 3.63) is 10.2 Å². The number of hydrogen-bond donors (Lipinski definition) is 1. The van der Waals surface area contributed by atoms with Crippen molar-refractivity contribution in [1.29, 1.82) is 0 Å². The summed E-state index contributed by atoms with van der Waals surface area (Å²) < 4.78 is 17.0. The van der Waals surface area contributed by atoms with Gasteiger partial charge in [-0.15, -0.1) is 0 Å². The third-order valence-electron chi connectivity index (χ3n) is 3.40. The van der Waals surface area contributed by atoms with Gasteiger partial charge in [0.05, 0.1) is 12.7 Å². The highest BCUT2D eigenvalue weighted by Gasteiger charge is 2.43. The van der Waals surface area contributed by atoms with E-state index in [2.05, 4.69) is 6.58 Å². The van der Waals surface area contributed by atoms with Crippen LogP contribution in [0.5, 0.6) is 0 Å². The maximum Gasteiger partial charge on any atom is 0.186 e. The van der Waals surface area contributed by atoms with E-state index in [1.165, 1.54) is 0 Å². The highest BCUT2D eigenvalue weighted by atomic mass is 127. The summed E-state index contributed by atoms with van der Waals surface area (Å²) in [7, 11) is 0. The van der Waals surface area contributed by atoms with Gasteiger partial charge in [-0.2, -0.15) is 0 Å². The Bertz CT molecular complexity index is 351. The number of Topliss-reactive ketones (excluding diaryl/α,β-unsaturated/α-hetero) is 1. The summed E-state index contributed by atoms with van der Waals surface area (Å²) in [5.74, 6) is -0.526. The second-order valence-corrected chi connectivity index (χ2v) is 6.41. The van der Waals surface area contributed by atoms with E-state index < -0.39 is 12.1 Å². The van der Waals surface area contributed by atoms with Crippen LogP contribution >= 0.6 is 22.6 Å². The Morgan fingerprint density at radius 2 is 2.21 bits per heavy atom. The van der Waals surface area contributed by atoms with E-state index in [4.69, 9.17) is 14.2 Å². The van der Waals surface area contributed by atoms with Crippen molar-refractivity contribution in [2.24, 2.45) is 0 Å². The molecule has 0 aromatic heterocycles. The summed E-state index contributed by atoms with van der Waals surface area (Å²) in [5.41, 5.74) is 0. The first-order chi connectivity index (χ1) is 9.01. The summed E-state index contributed by atoms with van der Waals surface area (Å²) in [6, 6.07) is 0. The summed E-state index contributed by atoms with van der Waals surface area (Å²) in [4.78, 5) is 11.7. The van der Waals surface area contributed by atoms with E-state index in [-0.39, 0.29) is 24.9 Å². The fourth-order valence-electron chi connectivity index (χ4n) is 2.47. The zero-order valence-electron chi connectivity index (χ0n) is 10.8. The van der Waals surface area contributed by atoms with Gasteiger partial charge in [0.1, 0.15) is 6.61 Å². The van der Waals surface area contributed by atoms with Crippen LogP contribution in [0.1, 0.15) is 32.1 Å².